The Morgan fingerprint density at radius 3 is 2.81 bits per heavy atom. The Labute approximate surface area is 107 Å². The molecule has 6 heteroatoms. The molecule has 16 heavy (non-hydrogen) atoms. The molecule has 3 N–H and O–H groups in total. The summed E-state index contributed by atoms with van der Waals surface area (Å²) in [5, 5.41) is 6.27. The van der Waals surface area contributed by atoms with E-state index in [9.17, 15) is 0 Å². The van der Waals surface area contributed by atoms with Crippen LogP contribution in [0.5, 0.6) is 0 Å². The molecule has 1 unspecified atom stereocenters. The molecular weight excluding hydrogens is 288 g/mol. The van der Waals surface area contributed by atoms with Gasteiger partial charge in [0.2, 0.25) is 0 Å². The van der Waals surface area contributed by atoms with Crippen LogP contribution in [-0.4, -0.2) is 9.78 Å². The van der Waals surface area contributed by atoms with Gasteiger partial charge in [-0.15, -0.1) is 11.3 Å². The van der Waals surface area contributed by atoms with E-state index in [4.69, 9.17) is 5.84 Å². The van der Waals surface area contributed by atoms with Crippen LogP contribution in [0.25, 0.3) is 0 Å². The van der Waals surface area contributed by atoms with Crippen molar-refractivity contribution in [2.45, 2.75) is 13.0 Å². The van der Waals surface area contributed by atoms with Crippen LogP contribution >= 0.6 is 27.3 Å². The van der Waals surface area contributed by atoms with Gasteiger partial charge in [0.1, 0.15) is 0 Å². The minimum absolute atomic E-state index is 0.0260. The molecule has 0 bridgehead atoms. The normalized spacial score (nSPS) is 13.0. The maximum absolute atomic E-state index is 5.66. The average molecular weight is 301 g/mol. The zero-order chi connectivity index (χ0) is 11.7. The Kier molecular flexibility index (Phi) is 3.44. The predicted octanol–water partition coefficient (Wildman–Crippen LogP) is 2.11. The zero-order valence-corrected chi connectivity index (χ0v) is 11.5. The highest BCUT2D eigenvalue weighted by Gasteiger charge is 2.21. The number of rotatable bonds is 3. The zero-order valence-electron chi connectivity index (χ0n) is 9.07. The molecule has 0 aromatic carbocycles. The fraction of sp³-hybridized carbons (Fsp3) is 0.300. The van der Waals surface area contributed by atoms with E-state index in [0.29, 0.717) is 0 Å². The van der Waals surface area contributed by atoms with Gasteiger partial charge in [0.05, 0.1) is 22.4 Å². The first-order valence-corrected chi connectivity index (χ1v) is 6.50. The lowest BCUT2D eigenvalue weighted by Crippen LogP contribution is -2.30. The number of nitrogens with zero attached hydrogens (tertiary/aromatic N) is 2. The number of hydrazine groups is 1. The Morgan fingerprint density at radius 1 is 1.62 bits per heavy atom. The van der Waals surface area contributed by atoms with Crippen molar-refractivity contribution in [1.29, 1.82) is 0 Å². The summed E-state index contributed by atoms with van der Waals surface area (Å²) in [6, 6.07) is 2.07. The van der Waals surface area contributed by atoms with Gasteiger partial charge >= 0.3 is 0 Å². The lowest BCUT2D eigenvalue weighted by atomic mass is 10.1. The second kappa shape index (κ2) is 4.67. The highest BCUT2D eigenvalue weighted by Crippen LogP contribution is 2.32. The molecule has 1 atom stereocenters. The lowest BCUT2D eigenvalue weighted by Gasteiger charge is -2.16. The number of hydrogen-bond acceptors (Lipinski definition) is 4. The third kappa shape index (κ3) is 1.93. The van der Waals surface area contributed by atoms with Gasteiger partial charge in [0.25, 0.3) is 0 Å². The molecular formula is C10H13BrN4S. The molecule has 0 aliphatic heterocycles. The number of aromatic nitrogens is 2. The highest BCUT2D eigenvalue weighted by molar-refractivity contribution is 9.10. The minimum Gasteiger partial charge on any atom is -0.270 e. The smallest absolute Gasteiger partial charge is 0.0983 e. The molecule has 2 heterocycles. The van der Waals surface area contributed by atoms with E-state index >= 15 is 0 Å². The van der Waals surface area contributed by atoms with Gasteiger partial charge in [-0.25, -0.2) is 5.43 Å². The topological polar surface area (TPSA) is 55.9 Å². The minimum atomic E-state index is -0.0260. The Bertz CT molecular complexity index is 471. The van der Waals surface area contributed by atoms with Crippen LogP contribution in [0.3, 0.4) is 0 Å². The van der Waals surface area contributed by atoms with E-state index in [-0.39, 0.29) is 6.04 Å². The SMILES string of the molecule is Cc1ccsc1C(NN)c1c(Br)cnn1C. The highest BCUT2D eigenvalue weighted by atomic mass is 79.9. The van der Waals surface area contributed by atoms with Gasteiger partial charge < -0.3 is 0 Å². The van der Waals surface area contributed by atoms with Crippen LogP contribution in [0.2, 0.25) is 0 Å². The Hall–Kier alpha value is -0.690. The van der Waals surface area contributed by atoms with E-state index in [2.05, 4.69) is 44.8 Å². The van der Waals surface area contributed by atoms with Crippen molar-refractivity contribution in [1.82, 2.24) is 15.2 Å². The van der Waals surface area contributed by atoms with Crippen LogP contribution in [0, 0.1) is 6.92 Å². The molecule has 0 aliphatic carbocycles. The van der Waals surface area contributed by atoms with Crippen molar-refractivity contribution in [3.63, 3.8) is 0 Å². The third-order valence-corrected chi connectivity index (χ3v) is 4.24. The van der Waals surface area contributed by atoms with Gasteiger partial charge in [0.15, 0.2) is 0 Å². The van der Waals surface area contributed by atoms with Crippen LogP contribution < -0.4 is 11.3 Å². The summed E-state index contributed by atoms with van der Waals surface area (Å²) in [7, 11) is 1.91. The second-order valence-electron chi connectivity index (χ2n) is 3.57. The van der Waals surface area contributed by atoms with Crippen LogP contribution in [-0.2, 0) is 7.05 Å². The fourth-order valence-electron chi connectivity index (χ4n) is 1.70. The molecule has 0 aliphatic rings. The molecule has 0 radical (unpaired) electrons. The number of aryl methyl sites for hydroxylation is 2. The average Bonchev–Trinajstić information content (AvgIpc) is 2.80. The van der Waals surface area contributed by atoms with E-state index < -0.39 is 0 Å². The first kappa shape index (κ1) is 11.8. The van der Waals surface area contributed by atoms with Crippen molar-refractivity contribution in [3.8, 4) is 0 Å². The number of hydrogen-bond donors (Lipinski definition) is 2. The van der Waals surface area contributed by atoms with Crippen LogP contribution in [0.4, 0.5) is 0 Å². The second-order valence-corrected chi connectivity index (χ2v) is 5.37. The molecule has 0 saturated heterocycles. The number of thiophene rings is 1. The standard InChI is InChI=1S/C10H13BrN4S/c1-6-3-4-16-10(6)8(14-12)9-7(11)5-13-15(9)2/h3-5,8,14H,12H2,1-2H3. The number of halogens is 1. The predicted molar refractivity (Wildman–Crippen MR) is 69.1 cm³/mol. The summed E-state index contributed by atoms with van der Waals surface area (Å²) in [4.78, 5) is 1.21. The third-order valence-electron chi connectivity index (χ3n) is 2.54. The van der Waals surface area contributed by atoms with E-state index in [1.54, 1.807) is 17.5 Å². The summed E-state index contributed by atoms with van der Waals surface area (Å²) >= 11 is 5.19. The molecule has 0 fully saturated rings. The van der Waals surface area contributed by atoms with Crippen molar-refractivity contribution in [3.05, 3.63) is 38.3 Å². The molecule has 2 aromatic heterocycles. The van der Waals surface area contributed by atoms with Crippen molar-refractivity contribution >= 4 is 27.3 Å². The monoisotopic (exact) mass is 300 g/mol. The van der Waals surface area contributed by atoms with E-state index in [0.717, 1.165) is 10.2 Å². The van der Waals surface area contributed by atoms with Crippen molar-refractivity contribution < 1.29 is 0 Å². The Morgan fingerprint density at radius 2 is 2.38 bits per heavy atom. The molecule has 0 spiro atoms. The van der Waals surface area contributed by atoms with Crippen LogP contribution in [0.15, 0.2) is 22.1 Å². The van der Waals surface area contributed by atoms with Gasteiger partial charge in [0, 0.05) is 11.9 Å². The summed E-state index contributed by atoms with van der Waals surface area (Å²) in [6.45, 7) is 2.08. The van der Waals surface area contributed by atoms with Gasteiger partial charge in [-0.3, -0.25) is 10.5 Å². The molecule has 2 aromatic rings. The number of nitrogens with one attached hydrogen (secondary N) is 1. The largest absolute Gasteiger partial charge is 0.270 e. The first-order chi connectivity index (χ1) is 7.65. The van der Waals surface area contributed by atoms with Gasteiger partial charge in [-0.1, -0.05) is 0 Å². The summed E-state index contributed by atoms with van der Waals surface area (Å²) in [5.41, 5.74) is 5.12. The van der Waals surface area contributed by atoms with E-state index in [1.807, 2.05) is 11.7 Å². The van der Waals surface area contributed by atoms with E-state index in [1.165, 1.54) is 10.4 Å². The van der Waals surface area contributed by atoms with Gasteiger partial charge in [-0.05, 0) is 39.9 Å². The maximum atomic E-state index is 5.66. The lowest BCUT2D eigenvalue weighted by molar-refractivity contribution is 0.578. The van der Waals surface area contributed by atoms with Crippen molar-refractivity contribution in [2.75, 3.05) is 0 Å². The van der Waals surface area contributed by atoms with Gasteiger partial charge in [-0.2, -0.15) is 5.10 Å². The molecule has 0 amide bonds. The molecule has 2 rings (SSSR count). The maximum Gasteiger partial charge on any atom is 0.0983 e. The molecule has 4 nitrogen and oxygen atoms in total. The summed E-state index contributed by atoms with van der Waals surface area (Å²) < 4.78 is 2.79. The number of nitrogens with two attached hydrogens (primary N) is 1. The van der Waals surface area contributed by atoms with Crippen molar-refractivity contribution in [2.24, 2.45) is 12.9 Å². The quantitative estimate of drug-likeness (QED) is 0.674. The summed E-state index contributed by atoms with van der Waals surface area (Å²) in [6.07, 6.45) is 1.78. The fourth-order valence-corrected chi connectivity index (χ4v) is 3.27. The molecule has 86 valence electrons. The van der Waals surface area contributed by atoms with Crippen LogP contribution in [0.1, 0.15) is 22.2 Å². The summed E-state index contributed by atoms with van der Waals surface area (Å²) in [5.74, 6) is 5.66. The Balaban J connectivity index is 2.49. The molecule has 0 saturated carbocycles. The first-order valence-electron chi connectivity index (χ1n) is 4.82.